The number of thioether (sulfide) groups is 2. The Bertz CT molecular complexity index is 998. The van der Waals surface area contributed by atoms with Gasteiger partial charge < -0.3 is 17.1 Å². The summed E-state index contributed by atoms with van der Waals surface area (Å²) in [7, 11) is 1.64. The number of hydrogen-bond donors (Lipinski definition) is 0. The van der Waals surface area contributed by atoms with Crippen molar-refractivity contribution in [2.75, 3.05) is 26.5 Å². The Balaban J connectivity index is 0.00000408. The highest BCUT2D eigenvalue weighted by Crippen LogP contribution is 2.34. The van der Waals surface area contributed by atoms with E-state index in [2.05, 4.69) is 63.1 Å². The zero-order valence-electron chi connectivity index (χ0n) is 20.6. The van der Waals surface area contributed by atoms with Gasteiger partial charge in [0.15, 0.2) is 5.17 Å². The molecule has 0 radical (unpaired) electrons. The molecule has 5 nitrogen and oxygen atoms in total. The van der Waals surface area contributed by atoms with Gasteiger partial charge in [0, 0.05) is 30.1 Å². The highest BCUT2D eigenvalue weighted by molar-refractivity contribution is 8.18. The van der Waals surface area contributed by atoms with Gasteiger partial charge in [-0.2, -0.15) is 0 Å². The van der Waals surface area contributed by atoms with Crippen molar-refractivity contribution in [1.29, 1.82) is 0 Å². The third-order valence-electron chi connectivity index (χ3n) is 5.51. The lowest BCUT2D eigenvalue weighted by molar-refractivity contribution is -0.122. The maximum Gasteiger partial charge on any atom is 0.266 e. The Hall–Kier alpha value is -1.93. The predicted octanol–water partition coefficient (Wildman–Crippen LogP) is 3.14. The van der Waals surface area contributed by atoms with Crippen LogP contribution in [-0.2, 0) is 4.79 Å². The summed E-state index contributed by atoms with van der Waals surface area (Å²) in [6, 6.07) is 16.7. The molecule has 8 heteroatoms. The highest BCUT2D eigenvalue weighted by Gasteiger charge is 2.34. The van der Waals surface area contributed by atoms with Gasteiger partial charge in [0.05, 0.1) is 17.7 Å². The number of halogens is 1. The second kappa shape index (κ2) is 13.2. The zero-order valence-corrected chi connectivity index (χ0v) is 23.0. The van der Waals surface area contributed by atoms with Crippen LogP contribution >= 0.6 is 23.5 Å². The molecule has 0 unspecified atom stereocenters. The quantitative estimate of drug-likeness (QED) is 0.377. The number of carbonyl (C=O) groups excluding carboxylic acids is 1. The molecule has 2 aromatic carbocycles. The summed E-state index contributed by atoms with van der Waals surface area (Å²) >= 11 is 3.14. The van der Waals surface area contributed by atoms with Crippen LogP contribution in [0.15, 0.2) is 63.3 Å². The molecule has 1 aliphatic rings. The molecule has 1 amide bonds. The molecule has 0 aromatic heterocycles. The SMILES string of the molecule is COc1ccc(N=C2S/C(=C\c3ccc(SC)cc3)C(=O)N2CCN(C(C)C)C(C)C)cc1.[Cl-]. The van der Waals surface area contributed by atoms with Gasteiger partial charge in [-0.1, -0.05) is 12.1 Å². The van der Waals surface area contributed by atoms with Crippen molar-refractivity contribution in [2.24, 2.45) is 4.99 Å². The summed E-state index contributed by atoms with van der Waals surface area (Å²) in [4.78, 5) is 24.3. The molecule has 184 valence electrons. The third kappa shape index (κ3) is 7.28. The molecule has 1 saturated heterocycles. The summed E-state index contributed by atoms with van der Waals surface area (Å²) < 4.78 is 5.25. The lowest BCUT2D eigenvalue weighted by atomic mass is 10.2. The van der Waals surface area contributed by atoms with Crippen LogP contribution in [-0.4, -0.2) is 59.4 Å². The van der Waals surface area contributed by atoms with Crippen molar-refractivity contribution >= 4 is 46.4 Å². The first kappa shape index (κ1) is 28.3. The molecule has 0 aliphatic carbocycles. The molecular weight excluding hydrogens is 486 g/mol. The zero-order chi connectivity index (χ0) is 24.0. The molecule has 0 bridgehead atoms. The molecule has 34 heavy (non-hydrogen) atoms. The van der Waals surface area contributed by atoms with Gasteiger partial charge in [0.1, 0.15) is 5.75 Å². The normalized spacial score (nSPS) is 16.3. The van der Waals surface area contributed by atoms with Gasteiger partial charge in [-0.3, -0.25) is 14.6 Å². The molecule has 1 aliphatic heterocycles. The van der Waals surface area contributed by atoms with E-state index in [0.29, 0.717) is 28.7 Å². The van der Waals surface area contributed by atoms with Crippen molar-refractivity contribution < 1.29 is 21.9 Å². The largest absolute Gasteiger partial charge is 1.00 e. The van der Waals surface area contributed by atoms with E-state index in [4.69, 9.17) is 9.73 Å². The van der Waals surface area contributed by atoms with Crippen molar-refractivity contribution in [3.05, 3.63) is 59.0 Å². The Morgan fingerprint density at radius 2 is 1.68 bits per heavy atom. The average molecular weight is 519 g/mol. The van der Waals surface area contributed by atoms with Crippen molar-refractivity contribution in [3.63, 3.8) is 0 Å². The maximum atomic E-state index is 13.4. The number of aliphatic imine (C=N–C) groups is 1. The van der Waals surface area contributed by atoms with Crippen LogP contribution in [0.1, 0.15) is 33.3 Å². The first-order valence-electron chi connectivity index (χ1n) is 11.2. The number of carbonyl (C=O) groups is 1. The number of methoxy groups -OCH3 is 1. The molecule has 0 saturated carbocycles. The minimum atomic E-state index is 0. The van der Waals surface area contributed by atoms with Gasteiger partial charge in [-0.25, -0.2) is 4.99 Å². The van der Waals surface area contributed by atoms with Crippen LogP contribution in [0.4, 0.5) is 5.69 Å². The van der Waals surface area contributed by atoms with Gasteiger partial charge >= 0.3 is 0 Å². The molecule has 3 rings (SSSR count). The summed E-state index contributed by atoms with van der Waals surface area (Å²) in [5.41, 5.74) is 1.81. The van der Waals surface area contributed by atoms with E-state index in [1.807, 2.05) is 35.2 Å². The second-order valence-corrected chi connectivity index (χ2v) is 10.2. The standard InChI is InChI=1S/C26H33N3O2S2.ClH/c1-18(2)28(19(3)4)15-16-29-25(30)24(17-20-7-13-23(32-6)14-8-20)33-26(29)27-21-9-11-22(31-5)12-10-21;/h7-14,17-19H,15-16H2,1-6H3;1H/p-1/b24-17-,27-26?;. The van der Waals surface area contributed by atoms with Crippen LogP contribution in [0, 0.1) is 0 Å². The molecule has 0 spiro atoms. The third-order valence-corrected chi connectivity index (χ3v) is 7.26. The number of amidine groups is 1. The topological polar surface area (TPSA) is 45.1 Å². The van der Waals surface area contributed by atoms with Crippen LogP contribution < -0.4 is 17.1 Å². The fourth-order valence-electron chi connectivity index (χ4n) is 3.74. The van der Waals surface area contributed by atoms with Crippen molar-refractivity contribution in [1.82, 2.24) is 9.80 Å². The number of ether oxygens (including phenoxy) is 1. The number of nitrogens with zero attached hydrogens (tertiary/aromatic N) is 3. The van der Waals surface area contributed by atoms with E-state index >= 15 is 0 Å². The first-order valence-corrected chi connectivity index (χ1v) is 13.2. The minimum Gasteiger partial charge on any atom is -1.00 e. The van der Waals surface area contributed by atoms with Crippen molar-refractivity contribution in [3.8, 4) is 5.75 Å². The van der Waals surface area contributed by atoms with Gasteiger partial charge in [0.25, 0.3) is 5.91 Å². The van der Waals surface area contributed by atoms with Gasteiger partial charge in [-0.05, 0) is 93.8 Å². The molecule has 2 aromatic rings. The lowest BCUT2D eigenvalue weighted by Crippen LogP contribution is -3.00. The van der Waals surface area contributed by atoms with Crippen LogP contribution in [0.5, 0.6) is 5.75 Å². The first-order chi connectivity index (χ1) is 15.8. The smallest absolute Gasteiger partial charge is 0.266 e. The Labute approximate surface area is 218 Å². The maximum absolute atomic E-state index is 13.4. The van der Waals surface area contributed by atoms with E-state index in [9.17, 15) is 4.79 Å². The van der Waals surface area contributed by atoms with E-state index < -0.39 is 0 Å². The summed E-state index contributed by atoms with van der Waals surface area (Å²) in [6.45, 7) is 10.2. The molecular formula is C26H33ClN3O2S2-. The highest BCUT2D eigenvalue weighted by atomic mass is 35.5. The van der Waals surface area contributed by atoms with Crippen LogP contribution in [0.25, 0.3) is 6.08 Å². The summed E-state index contributed by atoms with van der Waals surface area (Å²) in [5.74, 6) is 0.790. The molecule has 1 heterocycles. The minimum absolute atomic E-state index is 0. The van der Waals surface area contributed by atoms with Crippen LogP contribution in [0.2, 0.25) is 0 Å². The second-order valence-electron chi connectivity index (χ2n) is 8.36. The number of rotatable bonds is 9. The monoisotopic (exact) mass is 518 g/mol. The van der Waals surface area contributed by atoms with Crippen molar-refractivity contribution in [2.45, 2.75) is 44.7 Å². The van der Waals surface area contributed by atoms with E-state index in [0.717, 1.165) is 23.5 Å². The predicted molar refractivity (Wildman–Crippen MR) is 143 cm³/mol. The van der Waals surface area contributed by atoms with E-state index in [-0.39, 0.29) is 18.3 Å². The molecule has 0 atom stereocenters. The number of amides is 1. The van der Waals surface area contributed by atoms with Gasteiger partial charge in [-0.15, -0.1) is 11.8 Å². The van der Waals surface area contributed by atoms with Gasteiger partial charge in [0.2, 0.25) is 0 Å². The van der Waals surface area contributed by atoms with E-state index in [1.54, 1.807) is 18.9 Å². The Kier molecular flexibility index (Phi) is 11.0. The van der Waals surface area contributed by atoms with E-state index in [1.165, 1.54) is 16.7 Å². The lowest BCUT2D eigenvalue weighted by Gasteiger charge is -2.31. The molecule has 0 N–H and O–H groups in total. The fourth-order valence-corrected chi connectivity index (χ4v) is 5.17. The fraction of sp³-hybridized carbons (Fsp3) is 0.385. The Morgan fingerprint density at radius 1 is 1.06 bits per heavy atom. The average Bonchev–Trinajstić information content (AvgIpc) is 3.08. The summed E-state index contributed by atoms with van der Waals surface area (Å²) in [5, 5.41) is 0.713. The Morgan fingerprint density at radius 3 is 2.21 bits per heavy atom. The summed E-state index contributed by atoms with van der Waals surface area (Å²) in [6.07, 6.45) is 4.02. The molecule has 1 fully saturated rings. The number of benzene rings is 2. The van der Waals surface area contributed by atoms with Crippen LogP contribution in [0.3, 0.4) is 0 Å². The number of hydrogen-bond acceptors (Lipinski definition) is 6.